The minimum Gasteiger partial charge on any atom is -0.492 e. The van der Waals surface area contributed by atoms with Crippen LogP contribution in [-0.4, -0.2) is 25.1 Å². The summed E-state index contributed by atoms with van der Waals surface area (Å²) < 4.78 is 5.66. The average molecular weight is 326 g/mol. The van der Waals surface area contributed by atoms with E-state index in [1.165, 1.54) is 6.42 Å². The molecule has 122 valence electrons. The highest BCUT2D eigenvalue weighted by Gasteiger charge is 2.03. The van der Waals surface area contributed by atoms with Gasteiger partial charge >= 0.3 is 0 Å². The molecule has 6 nitrogen and oxygen atoms in total. The van der Waals surface area contributed by atoms with E-state index >= 15 is 0 Å². The highest BCUT2D eigenvalue weighted by atomic mass is 35.5. The summed E-state index contributed by atoms with van der Waals surface area (Å²) in [5, 5.41) is 0.607. The summed E-state index contributed by atoms with van der Waals surface area (Å²) in [6.07, 6.45) is 4.05. The van der Waals surface area contributed by atoms with Crippen LogP contribution in [-0.2, 0) is 6.42 Å². The van der Waals surface area contributed by atoms with Crippen LogP contribution in [0.2, 0.25) is 5.02 Å². The SMILES string of the molecule is CCCCCOc1ccc(CCN=C(N)N=C(N)N)cc1Cl. The number of nitrogens with zero attached hydrogens (tertiary/aromatic N) is 2. The summed E-state index contributed by atoms with van der Waals surface area (Å²) in [5.41, 5.74) is 17.0. The largest absolute Gasteiger partial charge is 0.492 e. The molecule has 0 aliphatic rings. The fraction of sp³-hybridized carbons (Fsp3) is 0.467. The lowest BCUT2D eigenvalue weighted by molar-refractivity contribution is 0.306. The van der Waals surface area contributed by atoms with Crippen LogP contribution in [0.5, 0.6) is 5.75 Å². The van der Waals surface area contributed by atoms with Gasteiger partial charge in [-0.05, 0) is 30.5 Å². The van der Waals surface area contributed by atoms with E-state index in [1.807, 2.05) is 18.2 Å². The summed E-state index contributed by atoms with van der Waals surface area (Å²) in [6, 6.07) is 5.73. The highest BCUT2D eigenvalue weighted by Crippen LogP contribution is 2.26. The van der Waals surface area contributed by atoms with Crippen molar-refractivity contribution in [1.29, 1.82) is 0 Å². The topological polar surface area (TPSA) is 112 Å². The van der Waals surface area contributed by atoms with E-state index in [0.717, 1.165) is 18.4 Å². The number of nitrogens with two attached hydrogens (primary N) is 3. The van der Waals surface area contributed by atoms with Gasteiger partial charge in [-0.1, -0.05) is 37.4 Å². The van der Waals surface area contributed by atoms with E-state index in [-0.39, 0.29) is 11.9 Å². The summed E-state index contributed by atoms with van der Waals surface area (Å²) in [7, 11) is 0. The summed E-state index contributed by atoms with van der Waals surface area (Å²) in [4.78, 5) is 7.70. The van der Waals surface area contributed by atoms with Gasteiger partial charge in [0.05, 0.1) is 11.6 Å². The Bertz CT molecular complexity index is 527. The number of hydrogen-bond acceptors (Lipinski definition) is 2. The Morgan fingerprint density at radius 1 is 1.23 bits per heavy atom. The van der Waals surface area contributed by atoms with Gasteiger partial charge in [0.2, 0.25) is 5.96 Å². The number of halogens is 1. The molecule has 0 bridgehead atoms. The predicted molar refractivity (Wildman–Crippen MR) is 92.5 cm³/mol. The first-order valence-corrected chi connectivity index (χ1v) is 7.71. The van der Waals surface area contributed by atoms with Gasteiger partial charge in [-0.15, -0.1) is 0 Å². The Labute approximate surface area is 136 Å². The number of guanidine groups is 2. The molecule has 1 aromatic carbocycles. The average Bonchev–Trinajstić information content (AvgIpc) is 2.44. The van der Waals surface area contributed by atoms with E-state index in [2.05, 4.69) is 16.9 Å². The van der Waals surface area contributed by atoms with Crippen molar-refractivity contribution >= 4 is 23.5 Å². The molecule has 0 saturated carbocycles. The Kier molecular flexibility index (Phi) is 8.14. The standard InChI is InChI=1S/C15H24ClN5O/c1-2-3-4-9-22-13-6-5-11(10-12(13)16)7-8-20-15(19)21-14(17)18/h5-6,10H,2-4,7-9H2,1H3,(H6,17,18,19,20,21). The quantitative estimate of drug-likeness (QED) is 0.385. The number of hydrogen-bond donors (Lipinski definition) is 3. The molecule has 6 N–H and O–H groups in total. The van der Waals surface area contributed by atoms with Crippen LogP contribution in [0, 0.1) is 0 Å². The van der Waals surface area contributed by atoms with Gasteiger partial charge in [-0.2, -0.15) is 4.99 Å². The van der Waals surface area contributed by atoms with Crippen molar-refractivity contribution < 1.29 is 4.74 Å². The molecule has 0 radical (unpaired) electrons. The molecular weight excluding hydrogens is 302 g/mol. The molecule has 0 fully saturated rings. The number of aliphatic imine (C=N–C) groups is 2. The molecule has 1 rings (SSSR count). The maximum absolute atomic E-state index is 6.21. The second kappa shape index (κ2) is 9.89. The third-order valence-corrected chi connectivity index (χ3v) is 3.22. The van der Waals surface area contributed by atoms with Crippen molar-refractivity contribution in [3.63, 3.8) is 0 Å². The first kappa shape index (κ1) is 18.1. The lowest BCUT2D eigenvalue weighted by Gasteiger charge is -2.09. The fourth-order valence-corrected chi connectivity index (χ4v) is 2.08. The number of ether oxygens (including phenoxy) is 1. The molecule has 22 heavy (non-hydrogen) atoms. The van der Waals surface area contributed by atoms with Gasteiger partial charge in [0, 0.05) is 6.54 Å². The minimum atomic E-state index is -0.103. The molecule has 0 aliphatic heterocycles. The Hall–Kier alpha value is -1.95. The van der Waals surface area contributed by atoms with Gasteiger partial charge in [-0.25, -0.2) is 0 Å². The van der Waals surface area contributed by atoms with Gasteiger partial charge in [0.1, 0.15) is 5.75 Å². The number of benzene rings is 1. The van der Waals surface area contributed by atoms with E-state index < -0.39 is 0 Å². The second-order valence-electron chi connectivity index (χ2n) is 4.85. The second-order valence-corrected chi connectivity index (χ2v) is 5.25. The van der Waals surface area contributed by atoms with Crippen LogP contribution in [0.1, 0.15) is 31.7 Å². The van der Waals surface area contributed by atoms with E-state index in [4.69, 9.17) is 33.5 Å². The van der Waals surface area contributed by atoms with Crippen LogP contribution in [0.3, 0.4) is 0 Å². The normalized spacial score (nSPS) is 11.3. The lowest BCUT2D eigenvalue weighted by Crippen LogP contribution is -2.26. The molecule has 1 aromatic rings. The van der Waals surface area contributed by atoms with Crippen molar-refractivity contribution in [1.82, 2.24) is 0 Å². The van der Waals surface area contributed by atoms with E-state index in [0.29, 0.717) is 30.3 Å². The van der Waals surface area contributed by atoms with Crippen molar-refractivity contribution in [3.8, 4) is 5.75 Å². The number of rotatable bonds is 8. The fourth-order valence-electron chi connectivity index (χ4n) is 1.82. The maximum atomic E-state index is 6.21. The van der Waals surface area contributed by atoms with Crippen LogP contribution < -0.4 is 21.9 Å². The van der Waals surface area contributed by atoms with Crippen molar-refractivity contribution in [2.24, 2.45) is 27.2 Å². The zero-order valence-electron chi connectivity index (χ0n) is 12.9. The first-order chi connectivity index (χ1) is 10.5. The smallest absolute Gasteiger partial charge is 0.218 e. The molecule has 0 amide bonds. The summed E-state index contributed by atoms with van der Waals surface area (Å²) in [5.74, 6) is 0.681. The Balaban J connectivity index is 2.49. The van der Waals surface area contributed by atoms with Crippen molar-refractivity contribution in [3.05, 3.63) is 28.8 Å². The molecule has 0 unspecified atom stereocenters. The summed E-state index contributed by atoms with van der Waals surface area (Å²) >= 11 is 6.21. The van der Waals surface area contributed by atoms with Crippen molar-refractivity contribution in [2.45, 2.75) is 32.6 Å². The molecule has 0 spiro atoms. The van der Waals surface area contributed by atoms with Crippen LogP contribution >= 0.6 is 11.6 Å². The Morgan fingerprint density at radius 2 is 2.00 bits per heavy atom. The molecule has 0 heterocycles. The van der Waals surface area contributed by atoms with Gasteiger partial charge in [0.15, 0.2) is 5.96 Å². The van der Waals surface area contributed by atoms with Gasteiger partial charge in [-0.3, -0.25) is 4.99 Å². The van der Waals surface area contributed by atoms with Gasteiger partial charge in [0.25, 0.3) is 0 Å². The molecular formula is C15H24ClN5O. The highest BCUT2D eigenvalue weighted by molar-refractivity contribution is 6.32. The van der Waals surface area contributed by atoms with E-state index in [9.17, 15) is 0 Å². The van der Waals surface area contributed by atoms with Crippen molar-refractivity contribution in [2.75, 3.05) is 13.2 Å². The minimum absolute atomic E-state index is 0.0713. The monoisotopic (exact) mass is 325 g/mol. The molecule has 0 aliphatic carbocycles. The van der Waals surface area contributed by atoms with Crippen LogP contribution in [0.15, 0.2) is 28.2 Å². The maximum Gasteiger partial charge on any atom is 0.218 e. The molecule has 0 saturated heterocycles. The summed E-state index contributed by atoms with van der Waals surface area (Å²) in [6.45, 7) is 3.33. The molecule has 7 heteroatoms. The molecule has 0 aromatic heterocycles. The van der Waals surface area contributed by atoms with Gasteiger partial charge < -0.3 is 21.9 Å². The van der Waals surface area contributed by atoms with Crippen LogP contribution in [0.25, 0.3) is 0 Å². The Morgan fingerprint density at radius 3 is 2.64 bits per heavy atom. The molecule has 0 atom stereocenters. The zero-order chi connectivity index (χ0) is 16.4. The van der Waals surface area contributed by atoms with E-state index in [1.54, 1.807) is 0 Å². The lowest BCUT2D eigenvalue weighted by atomic mass is 10.1. The third kappa shape index (κ3) is 7.17. The predicted octanol–water partition coefficient (Wildman–Crippen LogP) is 2.04. The number of unbranched alkanes of at least 4 members (excludes halogenated alkanes) is 2. The zero-order valence-corrected chi connectivity index (χ0v) is 13.6. The third-order valence-electron chi connectivity index (χ3n) is 2.92. The first-order valence-electron chi connectivity index (χ1n) is 7.33. The van der Waals surface area contributed by atoms with Crippen LogP contribution in [0.4, 0.5) is 0 Å².